The van der Waals surface area contributed by atoms with Crippen molar-refractivity contribution in [2.75, 3.05) is 0 Å². The quantitative estimate of drug-likeness (QED) is 0.178. The van der Waals surface area contributed by atoms with Gasteiger partial charge >= 0.3 is 0 Å². The number of ether oxygens (including phenoxy) is 1. The molecule has 8 aromatic carbocycles. The van der Waals surface area contributed by atoms with Crippen molar-refractivity contribution in [3.8, 4) is 40.3 Å². The molecule has 14 rings (SSSR count). The SMILES string of the molecule is Brc1cccc(-n2cnc3ccccc32)c1.C.CC(C)(C)c1ccnc(-n2c3ccccc3c3ccc(O)cc32)c1.CC(C)(C)c1ccnc(-n2c3ccccc3c3ccc(Oc4cccc(-n5cnc6ccccc65)c4)cc32)c1. The lowest BCUT2D eigenvalue weighted by Gasteiger charge is -2.20. The Kier molecular flexibility index (Phi) is 14.2. The molecule has 0 aliphatic heterocycles. The van der Waals surface area contributed by atoms with E-state index in [-0.39, 0.29) is 24.0 Å². The number of hydrogen-bond donors (Lipinski definition) is 1. The Hall–Kier alpha value is -9.32. The molecular formula is C69H61BrN8O2. The summed E-state index contributed by atoms with van der Waals surface area (Å²) in [7, 11) is 0. The number of pyridine rings is 2. The van der Waals surface area contributed by atoms with E-state index in [1.807, 2.05) is 116 Å². The van der Waals surface area contributed by atoms with E-state index in [1.54, 1.807) is 12.1 Å². The average Bonchev–Trinajstić information content (AvgIpc) is 4.35. The molecular weight excluding hydrogens is 1050 g/mol. The molecule has 0 radical (unpaired) electrons. The third-order valence-electron chi connectivity index (χ3n) is 14.3. The number of phenolic OH excluding ortho intramolecular Hbond substituents is 1. The first-order valence-electron chi connectivity index (χ1n) is 26.3. The molecule has 0 aliphatic rings. The van der Waals surface area contributed by atoms with Gasteiger partial charge in [0.15, 0.2) is 0 Å². The Morgan fingerprint density at radius 2 is 0.850 bits per heavy atom. The first kappa shape index (κ1) is 52.7. The zero-order valence-electron chi connectivity index (χ0n) is 44.8. The lowest BCUT2D eigenvalue weighted by atomic mass is 9.88. The van der Waals surface area contributed by atoms with Gasteiger partial charge in [0.2, 0.25) is 0 Å². The van der Waals surface area contributed by atoms with Crippen LogP contribution in [0.25, 0.3) is 88.7 Å². The second-order valence-corrected chi connectivity index (χ2v) is 22.6. The van der Waals surface area contributed by atoms with Gasteiger partial charge < -0.3 is 9.84 Å². The number of para-hydroxylation sites is 6. The first-order chi connectivity index (χ1) is 38.2. The molecule has 0 saturated heterocycles. The molecule has 80 heavy (non-hydrogen) atoms. The van der Waals surface area contributed by atoms with Crippen molar-refractivity contribution in [2.45, 2.75) is 59.8 Å². The minimum absolute atomic E-state index is 0. The maximum Gasteiger partial charge on any atom is 0.137 e. The molecule has 0 amide bonds. The second-order valence-electron chi connectivity index (χ2n) is 21.7. The van der Waals surface area contributed by atoms with Crippen molar-refractivity contribution in [3.05, 3.63) is 247 Å². The fraction of sp³-hybridized carbons (Fsp3) is 0.130. The Labute approximate surface area is 474 Å². The number of aromatic nitrogens is 8. The van der Waals surface area contributed by atoms with Gasteiger partial charge in [-0.1, -0.05) is 138 Å². The number of nitrogens with zero attached hydrogens (tertiary/aromatic N) is 8. The van der Waals surface area contributed by atoms with E-state index in [0.717, 1.165) is 93.9 Å². The van der Waals surface area contributed by atoms with Gasteiger partial charge in [0.05, 0.1) is 49.8 Å². The van der Waals surface area contributed by atoms with Crippen LogP contribution in [0.15, 0.2) is 236 Å². The zero-order chi connectivity index (χ0) is 54.4. The Balaban J connectivity index is 0.000000140. The van der Waals surface area contributed by atoms with E-state index in [2.05, 4.69) is 194 Å². The summed E-state index contributed by atoms with van der Waals surface area (Å²) in [5, 5.41) is 14.6. The van der Waals surface area contributed by atoms with Gasteiger partial charge in [-0.3, -0.25) is 18.3 Å². The normalized spacial score (nSPS) is 11.6. The van der Waals surface area contributed by atoms with Crippen molar-refractivity contribution >= 4 is 81.6 Å². The van der Waals surface area contributed by atoms with Crippen LogP contribution < -0.4 is 4.74 Å². The summed E-state index contributed by atoms with van der Waals surface area (Å²) in [4.78, 5) is 18.3. The number of imidazole rings is 2. The topological polar surface area (TPSA) is 101 Å². The van der Waals surface area contributed by atoms with Gasteiger partial charge in [-0.15, -0.1) is 0 Å². The van der Waals surface area contributed by atoms with Crippen LogP contribution in [-0.4, -0.2) is 43.3 Å². The summed E-state index contributed by atoms with van der Waals surface area (Å²) in [5.41, 5.74) is 13.1. The molecule has 0 unspecified atom stereocenters. The van der Waals surface area contributed by atoms with E-state index < -0.39 is 0 Å². The monoisotopic (exact) mass is 1110 g/mol. The van der Waals surface area contributed by atoms with Crippen molar-refractivity contribution in [1.82, 2.24) is 38.2 Å². The van der Waals surface area contributed by atoms with Crippen molar-refractivity contribution in [1.29, 1.82) is 0 Å². The van der Waals surface area contributed by atoms with E-state index in [1.165, 1.54) is 21.9 Å². The maximum atomic E-state index is 9.98. The highest BCUT2D eigenvalue weighted by Crippen LogP contribution is 2.38. The van der Waals surface area contributed by atoms with Crippen LogP contribution >= 0.6 is 15.9 Å². The van der Waals surface area contributed by atoms with E-state index in [0.29, 0.717) is 0 Å². The summed E-state index contributed by atoms with van der Waals surface area (Å²) in [6.45, 7) is 13.3. The van der Waals surface area contributed by atoms with Gasteiger partial charge in [0.1, 0.15) is 41.5 Å². The van der Waals surface area contributed by atoms with Crippen LogP contribution in [0.3, 0.4) is 0 Å². The van der Waals surface area contributed by atoms with Gasteiger partial charge in [-0.25, -0.2) is 19.9 Å². The maximum absolute atomic E-state index is 9.98. The smallest absolute Gasteiger partial charge is 0.137 e. The number of benzene rings is 8. The summed E-state index contributed by atoms with van der Waals surface area (Å²) < 4.78 is 16.0. The van der Waals surface area contributed by atoms with Crippen LogP contribution in [0.1, 0.15) is 60.1 Å². The van der Waals surface area contributed by atoms with Crippen molar-refractivity contribution in [2.24, 2.45) is 0 Å². The number of hydrogen-bond acceptors (Lipinski definition) is 6. The average molecular weight is 1110 g/mol. The van der Waals surface area contributed by atoms with Gasteiger partial charge in [-0.05, 0) is 137 Å². The summed E-state index contributed by atoms with van der Waals surface area (Å²) in [5.74, 6) is 3.57. The van der Waals surface area contributed by atoms with Crippen LogP contribution in [0.5, 0.6) is 17.2 Å². The molecule has 0 saturated carbocycles. The Morgan fingerprint density at radius 1 is 0.400 bits per heavy atom. The molecule has 10 nitrogen and oxygen atoms in total. The number of aromatic hydroxyl groups is 1. The lowest BCUT2D eigenvalue weighted by Crippen LogP contribution is -2.12. The van der Waals surface area contributed by atoms with Crippen LogP contribution in [-0.2, 0) is 10.8 Å². The zero-order valence-corrected chi connectivity index (χ0v) is 46.3. The Morgan fingerprint density at radius 3 is 1.39 bits per heavy atom. The standard InChI is InChI=1S/C34H28N4O.C21H20N2O.C13H9BrN2.CH4/c1-34(2,3)23-17-18-35-33(19-23)38-30-13-6-4-11-27(30)28-16-15-26(21-32(28)38)39-25-10-8-9-24(20-25)37-22-36-29-12-5-7-14-31(29)37;1-21(2,3)14-10-11-22-20(12-14)23-18-7-5-4-6-16(18)17-9-8-15(24)13-19(17)23;14-10-4-3-5-11(8-10)16-9-15-12-6-1-2-7-13(12)16;/h4-22H,1-3H3;4-13,24H,1-3H3;1-9H;1H4. The number of phenols is 1. The molecule has 0 spiro atoms. The highest BCUT2D eigenvalue weighted by Gasteiger charge is 2.20. The van der Waals surface area contributed by atoms with Crippen LogP contribution in [0.2, 0.25) is 0 Å². The van der Waals surface area contributed by atoms with E-state index in [9.17, 15) is 5.11 Å². The molecule has 0 aliphatic carbocycles. The largest absolute Gasteiger partial charge is 0.508 e. The minimum Gasteiger partial charge on any atom is -0.508 e. The fourth-order valence-corrected chi connectivity index (χ4v) is 10.7. The molecule has 6 aromatic heterocycles. The summed E-state index contributed by atoms with van der Waals surface area (Å²) >= 11 is 3.48. The fourth-order valence-electron chi connectivity index (χ4n) is 10.3. The van der Waals surface area contributed by atoms with Crippen molar-refractivity contribution in [3.63, 3.8) is 0 Å². The number of halogens is 1. The molecule has 6 heterocycles. The molecule has 0 atom stereocenters. The van der Waals surface area contributed by atoms with Gasteiger partial charge in [0, 0.05) is 62.3 Å². The highest BCUT2D eigenvalue weighted by molar-refractivity contribution is 9.10. The van der Waals surface area contributed by atoms with E-state index in [4.69, 9.17) is 9.72 Å². The molecule has 11 heteroatoms. The molecule has 0 fully saturated rings. The first-order valence-corrected chi connectivity index (χ1v) is 27.1. The Bertz CT molecular complexity index is 4550. The number of rotatable bonds is 6. The third-order valence-corrected chi connectivity index (χ3v) is 14.8. The molecule has 396 valence electrons. The van der Waals surface area contributed by atoms with Crippen molar-refractivity contribution < 1.29 is 9.84 Å². The molecule has 1 N–H and O–H groups in total. The highest BCUT2D eigenvalue weighted by atomic mass is 79.9. The van der Waals surface area contributed by atoms with Crippen LogP contribution in [0, 0.1) is 0 Å². The molecule has 0 bridgehead atoms. The predicted molar refractivity (Wildman–Crippen MR) is 333 cm³/mol. The predicted octanol–water partition coefficient (Wildman–Crippen LogP) is 18.2. The van der Waals surface area contributed by atoms with E-state index >= 15 is 0 Å². The van der Waals surface area contributed by atoms with Gasteiger partial charge in [-0.2, -0.15) is 0 Å². The third kappa shape index (κ3) is 10.3. The van der Waals surface area contributed by atoms with Gasteiger partial charge in [0.25, 0.3) is 0 Å². The minimum atomic E-state index is 0. The second kappa shape index (κ2) is 21.5. The lowest BCUT2D eigenvalue weighted by molar-refractivity contribution is 0.476. The molecule has 14 aromatic rings. The summed E-state index contributed by atoms with van der Waals surface area (Å²) in [6.07, 6.45) is 7.47. The number of fused-ring (bicyclic) bond motifs is 8. The summed E-state index contributed by atoms with van der Waals surface area (Å²) in [6, 6.07) is 69.6. The van der Waals surface area contributed by atoms with Crippen LogP contribution in [0.4, 0.5) is 0 Å².